The highest BCUT2D eigenvalue weighted by Gasteiger charge is 2.14. The molecule has 1 N–H and O–H groups in total. The topological polar surface area (TPSA) is 54.2 Å². The van der Waals surface area contributed by atoms with Crippen molar-refractivity contribution in [3.63, 3.8) is 0 Å². The zero-order valence-corrected chi connectivity index (χ0v) is 11.8. The molecule has 0 aliphatic carbocycles. The lowest BCUT2D eigenvalue weighted by molar-refractivity contribution is 0.224. The van der Waals surface area contributed by atoms with Gasteiger partial charge in [0.25, 0.3) is 0 Å². The van der Waals surface area contributed by atoms with E-state index in [1.54, 1.807) is 0 Å². The standard InChI is InChI=1S/C15H20N4O/c1-12-3-2-4-13(9-12)10-15-17-14(18-20-15)11-19-7-5-16-6-8-19/h2-4,9,16H,5-8,10-11H2,1H3. The molecule has 1 aliphatic heterocycles. The van der Waals surface area contributed by atoms with Gasteiger partial charge in [-0.05, 0) is 12.5 Å². The summed E-state index contributed by atoms with van der Waals surface area (Å²) < 4.78 is 5.35. The zero-order chi connectivity index (χ0) is 13.8. The molecule has 3 rings (SSSR count). The van der Waals surface area contributed by atoms with Crippen molar-refractivity contribution in [2.75, 3.05) is 26.2 Å². The number of nitrogens with zero attached hydrogens (tertiary/aromatic N) is 3. The van der Waals surface area contributed by atoms with Gasteiger partial charge in [0.05, 0.1) is 13.0 Å². The van der Waals surface area contributed by atoms with Crippen LogP contribution in [0.3, 0.4) is 0 Å². The quantitative estimate of drug-likeness (QED) is 0.911. The third-order valence-electron chi connectivity index (χ3n) is 3.52. The number of aromatic nitrogens is 2. The second kappa shape index (κ2) is 6.15. The summed E-state index contributed by atoms with van der Waals surface area (Å²) in [4.78, 5) is 6.83. The Labute approximate surface area is 119 Å². The fourth-order valence-corrected chi connectivity index (χ4v) is 2.49. The predicted molar refractivity (Wildman–Crippen MR) is 76.4 cm³/mol. The monoisotopic (exact) mass is 272 g/mol. The van der Waals surface area contributed by atoms with Crippen LogP contribution in [-0.4, -0.2) is 41.2 Å². The summed E-state index contributed by atoms with van der Waals surface area (Å²) in [6, 6.07) is 8.39. The Morgan fingerprint density at radius 2 is 2.15 bits per heavy atom. The van der Waals surface area contributed by atoms with Crippen LogP contribution in [0.1, 0.15) is 22.8 Å². The fourth-order valence-electron chi connectivity index (χ4n) is 2.49. The number of hydrogen-bond acceptors (Lipinski definition) is 5. The third kappa shape index (κ3) is 3.43. The van der Waals surface area contributed by atoms with Crippen LogP contribution in [0.25, 0.3) is 0 Å². The van der Waals surface area contributed by atoms with Gasteiger partial charge in [0.15, 0.2) is 5.82 Å². The average molecular weight is 272 g/mol. The molecule has 0 amide bonds. The summed E-state index contributed by atoms with van der Waals surface area (Å²) in [7, 11) is 0. The van der Waals surface area contributed by atoms with E-state index >= 15 is 0 Å². The van der Waals surface area contributed by atoms with E-state index in [0.29, 0.717) is 12.3 Å². The van der Waals surface area contributed by atoms with Crippen LogP contribution in [0, 0.1) is 6.92 Å². The van der Waals surface area contributed by atoms with Crippen molar-refractivity contribution in [2.45, 2.75) is 19.9 Å². The number of piperazine rings is 1. The molecule has 0 unspecified atom stereocenters. The lowest BCUT2D eigenvalue weighted by Gasteiger charge is -2.25. The summed E-state index contributed by atoms with van der Waals surface area (Å²) >= 11 is 0. The maximum Gasteiger partial charge on any atom is 0.231 e. The van der Waals surface area contributed by atoms with Crippen LogP contribution in [0.15, 0.2) is 28.8 Å². The first-order valence-corrected chi connectivity index (χ1v) is 7.10. The van der Waals surface area contributed by atoms with Crippen LogP contribution in [-0.2, 0) is 13.0 Å². The maximum absolute atomic E-state index is 5.35. The minimum Gasteiger partial charge on any atom is -0.339 e. The number of aryl methyl sites for hydroxylation is 1. The van der Waals surface area contributed by atoms with Crippen molar-refractivity contribution in [3.05, 3.63) is 47.1 Å². The van der Waals surface area contributed by atoms with Crippen molar-refractivity contribution in [1.29, 1.82) is 0 Å². The van der Waals surface area contributed by atoms with Crippen molar-refractivity contribution in [3.8, 4) is 0 Å². The van der Waals surface area contributed by atoms with Crippen molar-refractivity contribution >= 4 is 0 Å². The number of nitrogens with one attached hydrogen (secondary N) is 1. The van der Waals surface area contributed by atoms with Crippen LogP contribution >= 0.6 is 0 Å². The van der Waals surface area contributed by atoms with E-state index in [4.69, 9.17) is 4.52 Å². The van der Waals surface area contributed by atoms with Crippen LogP contribution in [0.4, 0.5) is 0 Å². The Morgan fingerprint density at radius 1 is 1.30 bits per heavy atom. The first-order chi connectivity index (χ1) is 9.79. The van der Waals surface area contributed by atoms with E-state index in [1.807, 2.05) is 0 Å². The van der Waals surface area contributed by atoms with Gasteiger partial charge in [-0.25, -0.2) is 0 Å². The number of hydrogen-bond donors (Lipinski definition) is 1. The van der Waals surface area contributed by atoms with E-state index in [2.05, 4.69) is 51.5 Å². The third-order valence-corrected chi connectivity index (χ3v) is 3.52. The molecule has 0 bridgehead atoms. The molecular formula is C15H20N4O. The normalized spacial score (nSPS) is 16.4. The molecule has 1 aliphatic rings. The summed E-state index contributed by atoms with van der Waals surface area (Å²) in [5, 5.41) is 7.42. The molecule has 0 saturated carbocycles. The van der Waals surface area contributed by atoms with Gasteiger partial charge in [-0.15, -0.1) is 0 Å². The van der Waals surface area contributed by atoms with Gasteiger partial charge >= 0.3 is 0 Å². The largest absolute Gasteiger partial charge is 0.339 e. The molecule has 0 radical (unpaired) electrons. The molecule has 0 spiro atoms. The van der Waals surface area contributed by atoms with Crippen LogP contribution in [0.2, 0.25) is 0 Å². The Kier molecular flexibility index (Phi) is 4.08. The Morgan fingerprint density at radius 3 is 2.95 bits per heavy atom. The molecule has 2 heterocycles. The summed E-state index contributed by atoms with van der Waals surface area (Å²) in [5.41, 5.74) is 2.46. The highest BCUT2D eigenvalue weighted by Crippen LogP contribution is 2.10. The van der Waals surface area contributed by atoms with Crippen LogP contribution < -0.4 is 5.32 Å². The van der Waals surface area contributed by atoms with E-state index < -0.39 is 0 Å². The van der Waals surface area contributed by atoms with Crippen molar-refractivity contribution < 1.29 is 4.52 Å². The van der Waals surface area contributed by atoms with E-state index in [0.717, 1.165) is 38.5 Å². The summed E-state index contributed by atoms with van der Waals surface area (Å²) in [6.07, 6.45) is 0.705. The second-order valence-corrected chi connectivity index (χ2v) is 5.30. The number of rotatable bonds is 4. The predicted octanol–water partition coefficient (Wildman–Crippen LogP) is 1.37. The molecule has 1 aromatic carbocycles. The van der Waals surface area contributed by atoms with Crippen molar-refractivity contribution in [1.82, 2.24) is 20.4 Å². The average Bonchev–Trinajstić information content (AvgIpc) is 2.87. The first-order valence-electron chi connectivity index (χ1n) is 7.10. The summed E-state index contributed by atoms with van der Waals surface area (Å²) in [6.45, 7) is 7.03. The van der Waals surface area contributed by atoms with Crippen LogP contribution in [0.5, 0.6) is 0 Å². The molecule has 1 saturated heterocycles. The Hall–Kier alpha value is -1.72. The molecule has 5 heteroatoms. The molecule has 0 atom stereocenters. The van der Waals surface area contributed by atoms with Crippen molar-refractivity contribution in [2.24, 2.45) is 0 Å². The lowest BCUT2D eigenvalue weighted by atomic mass is 10.1. The minimum atomic E-state index is 0.695. The molecule has 106 valence electrons. The molecule has 5 nitrogen and oxygen atoms in total. The molecule has 1 aromatic heterocycles. The van der Waals surface area contributed by atoms with Gasteiger partial charge in [0.1, 0.15) is 0 Å². The lowest BCUT2D eigenvalue weighted by Crippen LogP contribution is -2.43. The van der Waals surface area contributed by atoms with Gasteiger partial charge in [-0.2, -0.15) is 4.98 Å². The Bertz CT molecular complexity index is 561. The van der Waals surface area contributed by atoms with Gasteiger partial charge in [-0.3, -0.25) is 4.90 Å². The Balaban J connectivity index is 1.61. The summed E-state index contributed by atoms with van der Waals surface area (Å²) in [5.74, 6) is 1.48. The molecule has 2 aromatic rings. The highest BCUT2D eigenvalue weighted by molar-refractivity contribution is 5.24. The van der Waals surface area contributed by atoms with Gasteiger partial charge in [-0.1, -0.05) is 35.0 Å². The van der Waals surface area contributed by atoms with E-state index in [9.17, 15) is 0 Å². The molecule has 1 fully saturated rings. The minimum absolute atomic E-state index is 0.695. The first kappa shape index (κ1) is 13.3. The number of benzene rings is 1. The molecular weight excluding hydrogens is 252 g/mol. The molecule has 20 heavy (non-hydrogen) atoms. The van der Waals surface area contributed by atoms with E-state index in [-0.39, 0.29) is 0 Å². The van der Waals surface area contributed by atoms with Gasteiger partial charge in [0.2, 0.25) is 5.89 Å². The zero-order valence-electron chi connectivity index (χ0n) is 11.8. The van der Waals surface area contributed by atoms with Gasteiger partial charge < -0.3 is 9.84 Å². The SMILES string of the molecule is Cc1cccc(Cc2nc(CN3CCNCC3)no2)c1. The smallest absolute Gasteiger partial charge is 0.231 e. The van der Waals surface area contributed by atoms with E-state index in [1.165, 1.54) is 11.1 Å². The fraction of sp³-hybridized carbons (Fsp3) is 0.467. The van der Waals surface area contributed by atoms with Gasteiger partial charge in [0, 0.05) is 26.2 Å². The maximum atomic E-state index is 5.35. The second-order valence-electron chi connectivity index (χ2n) is 5.30. The highest BCUT2D eigenvalue weighted by atomic mass is 16.5.